The summed E-state index contributed by atoms with van der Waals surface area (Å²) in [5, 5.41) is 7.31. The zero-order valence-electron chi connectivity index (χ0n) is 18.3. The van der Waals surface area contributed by atoms with E-state index >= 15 is 0 Å². The quantitative estimate of drug-likeness (QED) is 0.547. The lowest BCUT2D eigenvalue weighted by molar-refractivity contribution is 0.0956. The molecular weight excluding hydrogens is 425 g/mol. The molecule has 32 heavy (non-hydrogen) atoms. The van der Waals surface area contributed by atoms with Crippen LogP contribution < -0.4 is 21.3 Å². The van der Waals surface area contributed by atoms with Crippen LogP contribution in [0.3, 0.4) is 0 Å². The highest BCUT2D eigenvalue weighted by molar-refractivity contribution is 7.21. The van der Waals surface area contributed by atoms with Crippen LogP contribution in [0.5, 0.6) is 0 Å². The van der Waals surface area contributed by atoms with Gasteiger partial charge in [0.15, 0.2) is 0 Å². The van der Waals surface area contributed by atoms with E-state index in [2.05, 4.69) is 20.5 Å². The Kier molecular flexibility index (Phi) is 5.51. The smallest absolute Gasteiger partial charge is 0.263 e. The number of carbonyl (C=O) groups is 1. The van der Waals surface area contributed by atoms with Crippen molar-refractivity contribution in [2.45, 2.75) is 44.7 Å². The van der Waals surface area contributed by atoms with Crippen LogP contribution in [0.4, 0.5) is 15.8 Å². The van der Waals surface area contributed by atoms with Crippen LogP contribution in [0.15, 0.2) is 30.3 Å². The number of amides is 1. The molecule has 2 aliphatic heterocycles. The molecule has 2 bridgehead atoms. The van der Waals surface area contributed by atoms with Crippen LogP contribution in [0, 0.1) is 12.7 Å². The summed E-state index contributed by atoms with van der Waals surface area (Å²) in [4.78, 5) is 20.7. The fraction of sp³-hybridized carbons (Fsp3) is 0.417. The maximum absolute atomic E-state index is 15.0. The molecule has 2 aromatic heterocycles. The van der Waals surface area contributed by atoms with Crippen molar-refractivity contribution in [3.05, 3.63) is 52.3 Å². The number of nitrogens with two attached hydrogens (primary N) is 1. The lowest BCUT2D eigenvalue weighted by Crippen LogP contribution is -2.51. The number of halogens is 1. The molecule has 4 N–H and O–H groups in total. The average molecular weight is 454 g/mol. The van der Waals surface area contributed by atoms with Crippen LogP contribution in [-0.4, -0.2) is 42.6 Å². The number of hydrogen-bond donors (Lipinski definition) is 3. The number of aryl methyl sites for hydroxylation is 1. The summed E-state index contributed by atoms with van der Waals surface area (Å²) >= 11 is 1.29. The number of rotatable bonds is 5. The number of fused-ring (bicyclic) bond motifs is 3. The van der Waals surface area contributed by atoms with Gasteiger partial charge in [-0.25, -0.2) is 9.37 Å². The predicted molar refractivity (Wildman–Crippen MR) is 128 cm³/mol. The molecule has 0 aliphatic carbocycles. The number of nitrogens with zero attached hydrogens (tertiary/aromatic N) is 2. The predicted octanol–water partition coefficient (Wildman–Crippen LogP) is 3.80. The SMILES string of the molecule is Cc1ccc2c(N)c(C(=O)NCC(C)c3ccc(N4CC5CCC(C4)N5)cc3F)sc2n1. The first-order chi connectivity index (χ1) is 15.4. The minimum atomic E-state index is -0.247. The lowest BCUT2D eigenvalue weighted by atomic mass is 9.99. The number of thiophene rings is 1. The molecule has 2 fully saturated rings. The summed E-state index contributed by atoms with van der Waals surface area (Å²) in [6.45, 7) is 6.00. The second-order valence-electron chi connectivity index (χ2n) is 9.01. The minimum Gasteiger partial charge on any atom is -0.397 e. The minimum absolute atomic E-state index is 0.164. The average Bonchev–Trinajstić information content (AvgIpc) is 3.29. The third kappa shape index (κ3) is 3.93. The second-order valence-corrected chi connectivity index (χ2v) is 10.0. The van der Waals surface area contributed by atoms with E-state index in [9.17, 15) is 9.18 Å². The molecule has 6 nitrogen and oxygen atoms in total. The molecule has 168 valence electrons. The van der Waals surface area contributed by atoms with Crippen molar-refractivity contribution in [1.29, 1.82) is 0 Å². The summed E-state index contributed by atoms with van der Waals surface area (Å²) in [6.07, 6.45) is 2.39. The number of piperazine rings is 1. The van der Waals surface area contributed by atoms with Crippen LogP contribution in [-0.2, 0) is 0 Å². The topological polar surface area (TPSA) is 83.3 Å². The summed E-state index contributed by atoms with van der Waals surface area (Å²) in [6, 6.07) is 10.3. The van der Waals surface area contributed by atoms with Crippen molar-refractivity contribution in [1.82, 2.24) is 15.6 Å². The molecule has 0 radical (unpaired) electrons. The third-order valence-electron chi connectivity index (χ3n) is 6.60. The first-order valence-electron chi connectivity index (χ1n) is 11.1. The Labute approximate surface area is 191 Å². The first-order valence-corrected chi connectivity index (χ1v) is 11.9. The molecular formula is C24H28FN5OS. The Morgan fingerprint density at radius 1 is 1.31 bits per heavy atom. The Morgan fingerprint density at radius 2 is 2.06 bits per heavy atom. The van der Waals surface area contributed by atoms with E-state index in [-0.39, 0.29) is 17.6 Å². The summed E-state index contributed by atoms with van der Waals surface area (Å²) in [7, 11) is 0. The van der Waals surface area contributed by atoms with Crippen LogP contribution >= 0.6 is 11.3 Å². The molecule has 8 heteroatoms. The van der Waals surface area contributed by atoms with Crippen LogP contribution in [0.1, 0.15) is 46.6 Å². The maximum atomic E-state index is 15.0. The Balaban J connectivity index is 1.25. The lowest BCUT2D eigenvalue weighted by Gasteiger charge is -2.34. The van der Waals surface area contributed by atoms with Crippen molar-refractivity contribution < 1.29 is 9.18 Å². The van der Waals surface area contributed by atoms with E-state index in [4.69, 9.17) is 5.73 Å². The highest BCUT2D eigenvalue weighted by Crippen LogP contribution is 2.33. The summed E-state index contributed by atoms with van der Waals surface area (Å²) < 4.78 is 15.0. The number of carbonyl (C=O) groups excluding carboxylic acids is 1. The van der Waals surface area contributed by atoms with Gasteiger partial charge in [-0.05, 0) is 49.6 Å². The number of benzene rings is 1. The second kappa shape index (κ2) is 8.33. The molecule has 2 saturated heterocycles. The Bertz CT molecular complexity index is 1170. The van der Waals surface area contributed by atoms with Gasteiger partial charge in [-0.2, -0.15) is 0 Å². The highest BCUT2D eigenvalue weighted by Gasteiger charge is 2.32. The van der Waals surface area contributed by atoms with E-state index in [1.165, 1.54) is 24.2 Å². The molecule has 3 unspecified atom stereocenters. The van der Waals surface area contributed by atoms with Crippen molar-refractivity contribution in [2.75, 3.05) is 30.3 Å². The van der Waals surface area contributed by atoms with E-state index < -0.39 is 0 Å². The molecule has 4 heterocycles. The fourth-order valence-electron chi connectivity index (χ4n) is 4.81. The van der Waals surface area contributed by atoms with Crippen molar-refractivity contribution in [3.8, 4) is 0 Å². The largest absolute Gasteiger partial charge is 0.397 e. The standard InChI is InChI=1S/C24H28FN5OS/c1-13(10-27-23(31)22-21(26)19-7-3-14(2)28-24(19)32-22)18-8-6-17(9-20(18)25)30-11-15-4-5-16(12-30)29-15/h3,6-9,13,15-16,29H,4-5,10-12,26H2,1-2H3,(H,27,31). The number of nitrogens with one attached hydrogen (secondary N) is 2. The van der Waals surface area contributed by atoms with Gasteiger partial charge in [-0.1, -0.05) is 13.0 Å². The molecule has 1 amide bonds. The van der Waals surface area contributed by atoms with Gasteiger partial charge in [0.05, 0.1) is 5.69 Å². The summed E-state index contributed by atoms with van der Waals surface area (Å²) in [5.74, 6) is -0.636. The number of nitrogen functional groups attached to an aromatic ring is 1. The van der Waals surface area contributed by atoms with E-state index in [1.807, 2.05) is 38.1 Å². The molecule has 0 saturated carbocycles. The van der Waals surface area contributed by atoms with Gasteiger partial charge in [0.25, 0.3) is 5.91 Å². The van der Waals surface area contributed by atoms with Gasteiger partial charge in [-0.15, -0.1) is 11.3 Å². The van der Waals surface area contributed by atoms with Gasteiger partial charge in [0, 0.05) is 54.4 Å². The number of aromatic nitrogens is 1. The Morgan fingerprint density at radius 3 is 2.78 bits per heavy atom. The third-order valence-corrected chi connectivity index (χ3v) is 7.72. The molecule has 3 atom stereocenters. The molecule has 3 aromatic rings. The van der Waals surface area contributed by atoms with Gasteiger partial charge in [0.2, 0.25) is 0 Å². The molecule has 0 spiro atoms. The molecule has 5 rings (SSSR count). The van der Waals surface area contributed by atoms with E-state index in [1.54, 1.807) is 6.07 Å². The number of anilines is 2. The highest BCUT2D eigenvalue weighted by atomic mass is 32.1. The zero-order valence-corrected chi connectivity index (χ0v) is 19.1. The molecule has 1 aromatic carbocycles. The van der Waals surface area contributed by atoms with Crippen molar-refractivity contribution >= 4 is 38.8 Å². The van der Waals surface area contributed by atoms with Gasteiger partial charge in [0.1, 0.15) is 15.5 Å². The van der Waals surface area contributed by atoms with Crippen LogP contribution in [0.2, 0.25) is 0 Å². The summed E-state index contributed by atoms with van der Waals surface area (Å²) in [5.41, 5.74) is 9.05. The Hall–Kier alpha value is -2.71. The maximum Gasteiger partial charge on any atom is 0.263 e. The van der Waals surface area contributed by atoms with Gasteiger partial charge in [-0.3, -0.25) is 4.79 Å². The normalized spacial score (nSPS) is 21.2. The van der Waals surface area contributed by atoms with E-state index in [0.29, 0.717) is 34.8 Å². The number of pyridine rings is 1. The zero-order chi connectivity index (χ0) is 22.4. The monoisotopic (exact) mass is 453 g/mol. The van der Waals surface area contributed by atoms with Gasteiger partial charge >= 0.3 is 0 Å². The first kappa shape index (κ1) is 21.2. The van der Waals surface area contributed by atoms with Crippen LogP contribution in [0.25, 0.3) is 10.2 Å². The van der Waals surface area contributed by atoms with Gasteiger partial charge < -0.3 is 21.3 Å². The van der Waals surface area contributed by atoms with Crippen molar-refractivity contribution in [3.63, 3.8) is 0 Å². The molecule has 2 aliphatic rings. The van der Waals surface area contributed by atoms with Crippen molar-refractivity contribution in [2.24, 2.45) is 0 Å². The van der Waals surface area contributed by atoms with E-state index in [0.717, 1.165) is 34.7 Å². The fourth-order valence-corrected chi connectivity index (χ4v) is 5.87. The number of hydrogen-bond acceptors (Lipinski definition) is 6.